The molecule has 4 nitrogen and oxygen atoms in total. The maximum atomic E-state index is 12.0. The van der Waals surface area contributed by atoms with Gasteiger partial charge in [0.15, 0.2) is 0 Å². The number of benzene rings is 1. The third-order valence-corrected chi connectivity index (χ3v) is 4.13. The standard InChI is InChI=1S/C18H28N2O2.ClH/c1-18(2,13-19)20-17(21)11-10-14-6-5-9-16(12-14)22-15-7-3-4-8-15;/h5-6,9,12,15H,3-4,7-8,10-11,13,19H2,1-2H3,(H,20,21);1H. The normalized spacial score (nSPS) is 15.1. The zero-order chi connectivity index (χ0) is 16.0. The van der Waals surface area contributed by atoms with Crippen LogP contribution in [0.4, 0.5) is 0 Å². The lowest BCUT2D eigenvalue weighted by molar-refractivity contribution is -0.122. The molecule has 1 aliphatic carbocycles. The SMILES string of the molecule is CC(C)(CN)NC(=O)CCc1cccc(OC2CCCC2)c1.Cl. The summed E-state index contributed by atoms with van der Waals surface area (Å²) in [6.07, 6.45) is 6.39. The molecular formula is C18H29ClN2O2. The van der Waals surface area contributed by atoms with E-state index in [-0.39, 0.29) is 23.9 Å². The molecule has 130 valence electrons. The Labute approximate surface area is 145 Å². The van der Waals surface area contributed by atoms with Gasteiger partial charge >= 0.3 is 0 Å². The van der Waals surface area contributed by atoms with Gasteiger partial charge in [-0.25, -0.2) is 0 Å². The van der Waals surface area contributed by atoms with Gasteiger partial charge in [-0.2, -0.15) is 0 Å². The second-order valence-electron chi connectivity index (χ2n) is 6.81. The molecule has 0 saturated heterocycles. The van der Waals surface area contributed by atoms with Gasteiger partial charge in [0, 0.05) is 18.5 Å². The fraction of sp³-hybridized carbons (Fsp3) is 0.611. The third kappa shape index (κ3) is 6.80. The smallest absolute Gasteiger partial charge is 0.220 e. The number of nitrogens with two attached hydrogens (primary N) is 1. The molecule has 3 N–H and O–H groups in total. The molecule has 0 unspecified atom stereocenters. The predicted octanol–water partition coefficient (Wildman–Crippen LogP) is 3.22. The van der Waals surface area contributed by atoms with Crippen LogP contribution in [0.5, 0.6) is 5.75 Å². The molecule has 1 aromatic rings. The minimum atomic E-state index is -0.343. The Bertz CT molecular complexity index is 500. The number of amides is 1. The maximum absolute atomic E-state index is 12.0. The summed E-state index contributed by atoms with van der Waals surface area (Å²) in [5, 5.41) is 2.95. The van der Waals surface area contributed by atoms with Crippen molar-refractivity contribution in [2.24, 2.45) is 5.73 Å². The first-order chi connectivity index (χ1) is 10.5. The number of nitrogens with one attached hydrogen (secondary N) is 1. The van der Waals surface area contributed by atoms with Crippen LogP contribution in [0.25, 0.3) is 0 Å². The maximum Gasteiger partial charge on any atom is 0.220 e. The van der Waals surface area contributed by atoms with Crippen LogP contribution < -0.4 is 15.8 Å². The highest BCUT2D eigenvalue weighted by atomic mass is 35.5. The Balaban J connectivity index is 0.00000264. The van der Waals surface area contributed by atoms with Crippen LogP contribution in [0.2, 0.25) is 0 Å². The summed E-state index contributed by atoms with van der Waals surface area (Å²) < 4.78 is 6.00. The number of halogens is 1. The predicted molar refractivity (Wildman–Crippen MR) is 96.2 cm³/mol. The van der Waals surface area contributed by atoms with Crippen LogP contribution in [-0.2, 0) is 11.2 Å². The second kappa shape index (κ2) is 9.14. The number of hydrogen-bond donors (Lipinski definition) is 2. The largest absolute Gasteiger partial charge is 0.490 e. The highest BCUT2D eigenvalue weighted by Crippen LogP contribution is 2.24. The van der Waals surface area contributed by atoms with Crippen molar-refractivity contribution in [3.05, 3.63) is 29.8 Å². The molecule has 5 heteroatoms. The van der Waals surface area contributed by atoms with Gasteiger partial charge in [0.2, 0.25) is 5.91 Å². The van der Waals surface area contributed by atoms with E-state index in [1.807, 2.05) is 32.0 Å². The summed E-state index contributed by atoms with van der Waals surface area (Å²) in [4.78, 5) is 12.0. The van der Waals surface area contributed by atoms with Gasteiger partial charge < -0.3 is 15.8 Å². The molecule has 0 aliphatic heterocycles. The van der Waals surface area contributed by atoms with Crippen molar-refractivity contribution in [2.45, 2.75) is 64.0 Å². The molecule has 1 fully saturated rings. The summed E-state index contributed by atoms with van der Waals surface area (Å²) in [6, 6.07) is 8.10. The van der Waals surface area contributed by atoms with Crippen molar-refractivity contribution in [3.63, 3.8) is 0 Å². The van der Waals surface area contributed by atoms with Gasteiger partial charge in [-0.15, -0.1) is 12.4 Å². The molecule has 1 aliphatic rings. The minimum Gasteiger partial charge on any atom is -0.490 e. The Morgan fingerprint density at radius 2 is 2.04 bits per heavy atom. The first-order valence-corrected chi connectivity index (χ1v) is 8.25. The number of carbonyl (C=O) groups is 1. The van der Waals surface area contributed by atoms with Gasteiger partial charge in [0.25, 0.3) is 0 Å². The van der Waals surface area contributed by atoms with E-state index in [4.69, 9.17) is 10.5 Å². The van der Waals surface area contributed by atoms with Crippen molar-refractivity contribution >= 4 is 18.3 Å². The Hall–Kier alpha value is -1.26. The van der Waals surface area contributed by atoms with Gasteiger partial charge in [-0.05, 0) is 63.6 Å². The molecule has 0 aromatic heterocycles. The summed E-state index contributed by atoms with van der Waals surface area (Å²) in [7, 11) is 0. The number of aryl methyl sites for hydroxylation is 1. The van der Waals surface area contributed by atoms with E-state index >= 15 is 0 Å². The van der Waals surface area contributed by atoms with Crippen LogP contribution in [0.3, 0.4) is 0 Å². The van der Waals surface area contributed by atoms with Crippen molar-refractivity contribution in [2.75, 3.05) is 6.54 Å². The lowest BCUT2D eigenvalue weighted by Gasteiger charge is -2.24. The highest BCUT2D eigenvalue weighted by Gasteiger charge is 2.18. The van der Waals surface area contributed by atoms with E-state index in [0.717, 1.165) is 24.2 Å². The van der Waals surface area contributed by atoms with E-state index < -0.39 is 0 Å². The van der Waals surface area contributed by atoms with Gasteiger partial charge in [-0.1, -0.05) is 12.1 Å². The molecule has 1 aromatic carbocycles. The fourth-order valence-corrected chi connectivity index (χ4v) is 2.72. The minimum absolute atomic E-state index is 0. The number of rotatable bonds is 7. The quantitative estimate of drug-likeness (QED) is 0.801. The summed E-state index contributed by atoms with van der Waals surface area (Å²) in [6.45, 7) is 4.30. The summed E-state index contributed by atoms with van der Waals surface area (Å²) in [5.41, 5.74) is 6.42. The Morgan fingerprint density at radius 3 is 2.70 bits per heavy atom. The zero-order valence-electron chi connectivity index (χ0n) is 14.1. The van der Waals surface area contributed by atoms with Crippen molar-refractivity contribution in [3.8, 4) is 5.75 Å². The van der Waals surface area contributed by atoms with Crippen LogP contribution in [0.15, 0.2) is 24.3 Å². The van der Waals surface area contributed by atoms with Crippen molar-refractivity contribution in [1.29, 1.82) is 0 Å². The van der Waals surface area contributed by atoms with E-state index in [9.17, 15) is 4.79 Å². The van der Waals surface area contributed by atoms with Crippen molar-refractivity contribution in [1.82, 2.24) is 5.32 Å². The van der Waals surface area contributed by atoms with Crippen LogP contribution in [-0.4, -0.2) is 24.1 Å². The first kappa shape index (κ1) is 19.8. The van der Waals surface area contributed by atoms with Crippen molar-refractivity contribution < 1.29 is 9.53 Å². The van der Waals surface area contributed by atoms with E-state index in [1.165, 1.54) is 12.8 Å². The Kier molecular flexibility index (Phi) is 7.86. The molecule has 23 heavy (non-hydrogen) atoms. The number of ether oxygens (including phenoxy) is 1. The molecule has 0 bridgehead atoms. The van der Waals surface area contributed by atoms with Gasteiger partial charge in [0.05, 0.1) is 6.10 Å². The highest BCUT2D eigenvalue weighted by molar-refractivity contribution is 5.85. The average molecular weight is 341 g/mol. The summed E-state index contributed by atoms with van der Waals surface area (Å²) >= 11 is 0. The molecule has 2 rings (SSSR count). The topological polar surface area (TPSA) is 64.3 Å². The molecule has 0 atom stereocenters. The van der Waals surface area contributed by atoms with Crippen LogP contribution >= 0.6 is 12.4 Å². The van der Waals surface area contributed by atoms with E-state index in [1.54, 1.807) is 0 Å². The number of hydrogen-bond acceptors (Lipinski definition) is 3. The summed E-state index contributed by atoms with van der Waals surface area (Å²) in [5.74, 6) is 0.963. The zero-order valence-corrected chi connectivity index (χ0v) is 15.0. The molecule has 0 spiro atoms. The molecule has 1 amide bonds. The van der Waals surface area contributed by atoms with Gasteiger partial charge in [0.1, 0.15) is 5.75 Å². The van der Waals surface area contributed by atoms with Crippen LogP contribution in [0.1, 0.15) is 51.5 Å². The van der Waals surface area contributed by atoms with Crippen LogP contribution in [0, 0.1) is 0 Å². The second-order valence-corrected chi connectivity index (χ2v) is 6.81. The van der Waals surface area contributed by atoms with E-state index in [0.29, 0.717) is 25.5 Å². The first-order valence-electron chi connectivity index (χ1n) is 8.25. The fourth-order valence-electron chi connectivity index (χ4n) is 2.72. The number of carbonyl (C=O) groups excluding carboxylic acids is 1. The van der Waals surface area contributed by atoms with Gasteiger partial charge in [-0.3, -0.25) is 4.79 Å². The van der Waals surface area contributed by atoms with E-state index in [2.05, 4.69) is 11.4 Å². The monoisotopic (exact) mass is 340 g/mol. The third-order valence-electron chi connectivity index (χ3n) is 4.13. The lowest BCUT2D eigenvalue weighted by Crippen LogP contribution is -2.48. The molecule has 0 heterocycles. The lowest BCUT2D eigenvalue weighted by atomic mass is 10.0. The molecular weight excluding hydrogens is 312 g/mol. The molecule has 0 radical (unpaired) electrons. The Morgan fingerprint density at radius 1 is 1.35 bits per heavy atom. The average Bonchev–Trinajstić information content (AvgIpc) is 2.98. The molecule has 1 saturated carbocycles.